The van der Waals surface area contributed by atoms with Gasteiger partial charge < -0.3 is 0 Å². The number of hydrogen-bond acceptors (Lipinski definition) is 0. The van der Waals surface area contributed by atoms with Crippen molar-refractivity contribution in [3.63, 3.8) is 0 Å². The number of rotatable bonds is 5. The van der Waals surface area contributed by atoms with Crippen LogP contribution in [0.3, 0.4) is 0 Å². The van der Waals surface area contributed by atoms with Gasteiger partial charge >= 0.3 is 0 Å². The predicted octanol–water partition coefficient (Wildman–Crippen LogP) is 5.97. The van der Waals surface area contributed by atoms with Crippen LogP contribution in [-0.2, 0) is 0 Å². The van der Waals surface area contributed by atoms with E-state index in [2.05, 4.69) is 102 Å². The summed E-state index contributed by atoms with van der Waals surface area (Å²) in [7, 11) is -5.60. The Morgan fingerprint density at radius 1 is 0.545 bits per heavy atom. The van der Waals surface area contributed by atoms with E-state index in [4.69, 9.17) is 0 Å². The molecule has 0 aromatic heterocycles. The van der Waals surface area contributed by atoms with Crippen molar-refractivity contribution in [2.24, 2.45) is 0 Å². The number of benzene rings is 1. The van der Waals surface area contributed by atoms with Crippen molar-refractivity contribution < 1.29 is 0 Å². The van der Waals surface area contributed by atoms with E-state index in [0.29, 0.717) is 3.91 Å². The molecule has 0 radical (unpaired) electrons. The first kappa shape index (κ1) is 20.1. The second-order valence-corrected chi connectivity index (χ2v) is 33.8. The number of hydrogen-bond donors (Lipinski definition) is 0. The van der Waals surface area contributed by atoms with Crippen molar-refractivity contribution >= 4 is 37.5 Å². The summed E-state index contributed by atoms with van der Waals surface area (Å²) in [6, 6.07) is 11.6. The first-order valence-corrected chi connectivity index (χ1v) is 22.2. The van der Waals surface area contributed by atoms with Gasteiger partial charge in [0.25, 0.3) is 0 Å². The third-order valence-corrected chi connectivity index (χ3v) is 42.1. The predicted molar refractivity (Wildman–Crippen MR) is 116 cm³/mol. The van der Waals surface area contributed by atoms with Gasteiger partial charge in [-0.05, 0) is 3.91 Å². The first-order chi connectivity index (χ1) is 9.61. The molecule has 0 bridgehead atoms. The van der Waals surface area contributed by atoms with Crippen molar-refractivity contribution in [2.45, 2.75) is 75.9 Å². The molecular weight excluding hydrogens is 329 g/mol. The molecule has 0 atom stereocenters. The Bertz CT molecular complexity index is 463. The van der Waals surface area contributed by atoms with Gasteiger partial charge in [-0.3, -0.25) is 0 Å². The van der Waals surface area contributed by atoms with E-state index in [9.17, 15) is 0 Å². The van der Waals surface area contributed by atoms with Crippen LogP contribution in [-0.4, -0.2) is 32.3 Å². The lowest BCUT2D eigenvalue weighted by Gasteiger charge is -2.66. The molecule has 0 saturated heterocycles. The van der Waals surface area contributed by atoms with Gasteiger partial charge in [0, 0.05) is 24.2 Å². The lowest BCUT2D eigenvalue weighted by Crippen LogP contribution is -2.78. The lowest BCUT2D eigenvalue weighted by molar-refractivity contribution is 1.18. The molecule has 0 N–H and O–H groups in total. The van der Waals surface area contributed by atoms with Gasteiger partial charge in [-0.25, -0.2) is 0 Å². The highest BCUT2D eigenvalue weighted by molar-refractivity contribution is 7.31. The lowest BCUT2D eigenvalue weighted by atomic mass is 10.4. The Morgan fingerprint density at radius 3 is 1.14 bits per heavy atom. The molecule has 0 spiro atoms. The molecule has 0 fully saturated rings. The summed E-state index contributed by atoms with van der Waals surface area (Å²) >= 11 is 0. The third-order valence-electron chi connectivity index (χ3n) is 5.81. The minimum Gasteiger partial charge on any atom is -0.0698 e. The Morgan fingerprint density at radius 2 is 0.864 bits per heavy atom. The van der Waals surface area contributed by atoms with Gasteiger partial charge in [0.05, 0.1) is 8.07 Å². The van der Waals surface area contributed by atoms with Crippen LogP contribution in [0.5, 0.6) is 0 Å². The largest absolute Gasteiger partial charge is 0.0790 e. The van der Waals surface area contributed by atoms with Gasteiger partial charge in [-0.2, -0.15) is 0 Å². The molecule has 126 valence electrons. The van der Waals surface area contributed by atoms with E-state index in [1.54, 1.807) is 5.19 Å². The highest BCUT2D eigenvalue weighted by atomic mass is 28.5. The first-order valence-electron chi connectivity index (χ1n) is 8.66. The monoisotopic (exact) mass is 366 g/mol. The fourth-order valence-electron chi connectivity index (χ4n) is 7.26. The molecule has 1 aromatic rings. The van der Waals surface area contributed by atoms with Gasteiger partial charge in [0.1, 0.15) is 0 Å². The molecule has 0 aliphatic heterocycles. The van der Waals surface area contributed by atoms with Crippen LogP contribution in [0.2, 0.25) is 75.9 Å². The van der Waals surface area contributed by atoms with E-state index in [1.807, 2.05) is 0 Å². The van der Waals surface area contributed by atoms with E-state index in [0.717, 1.165) is 0 Å². The average Bonchev–Trinajstić information content (AvgIpc) is 2.23. The Hall–Kier alpha value is 0.0875. The maximum absolute atomic E-state index is 2.69. The van der Waals surface area contributed by atoms with Crippen LogP contribution in [0.25, 0.3) is 0 Å². The maximum Gasteiger partial charge on any atom is 0.0790 e. The Labute approximate surface area is 143 Å². The van der Waals surface area contributed by atoms with E-state index in [1.165, 1.54) is 0 Å². The molecule has 1 rings (SSSR count). The van der Waals surface area contributed by atoms with Crippen molar-refractivity contribution in [3.05, 3.63) is 30.3 Å². The fraction of sp³-hybridized carbons (Fsp3) is 0.667. The second-order valence-electron chi connectivity index (χ2n) is 10.5. The molecule has 0 nitrogen and oxygen atoms in total. The van der Waals surface area contributed by atoms with E-state index < -0.39 is 32.3 Å². The van der Waals surface area contributed by atoms with Gasteiger partial charge in [0.2, 0.25) is 0 Å². The van der Waals surface area contributed by atoms with Crippen LogP contribution >= 0.6 is 0 Å². The molecule has 0 saturated carbocycles. The van der Waals surface area contributed by atoms with Crippen molar-refractivity contribution in [1.29, 1.82) is 0 Å². The normalized spacial score (nSPS) is 15.0. The zero-order valence-corrected chi connectivity index (χ0v) is 20.9. The molecule has 4 heteroatoms. The van der Waals surface area contributed by atoms with Crippen LogP contribution in [0.15, 0.2) is 30.3 Å². The van der Waals surface area contributed by atoms with Crippen LogP contribution in [0, 0.1) is 0 Å². The fourth-order valence-corrected chi connectivity index (χ4v) is 59.5. The minimum atomic E-state index is -1.58. The zero-order chi connectivity index (χ0) is 17.6. The van der Waals surface area contributed by atoms with Crippen LogP contribution in [0.1, 0.15) is 0 Å². The topological polar surface area (TPSA) is 0 Å². The van der Waals surface area contributed by atoms with Gasteiger partial charge in [0.15, 0.2) is 0 Å². The summed E-state index contributed by atoms with van der Waals surface area (Å²) in [5, 5.41) is 1.68. The molecule has 0 amide bonds. The molecule has 0 aliphatic rings. The zero-order valence-electron chi connectivity index (χ0n) is 16.9. The van der Waals surface area contributed by atoms with Crippen molar-refractivity contribution in [3.8, 4) is 0 Å². The van der Waals surface area contributed by atoms with E-state index >= 15 is 0 Å². The standard InChI is InChI=1S/C18H38Si4/c1-19(2,3)18(20(4,5)6,21(7,8)9)22(10,11)17-15-13-12-14-16-17/h12-16H,1-11H3. The second kappa shape index (κ2) is 5.87. The summed E-state index contributed by atoms with van der Waals surface area (Å²) in [6.45, 7) is 29.4. The smallest absolute Gasteiger partial charge is 0.0698 e. The molecular formula is C18H38Si4. The summed E-state index contributed by atoms with van der Waals surface area (Å²) in [5.41, 5.74) is 0. The molecule has 1 aromatic carbocycles. The third kappa shape index (κ3) is 2.92. The molecule has 22 heavy (non-hydrogen) atoms. The molecule has 0 aliphatic carbocycles. The van der Waals surface area contributed by atoms with E-state index in [-0.39, 0.29) is 0 Å². The van der Waals surface area contributed by atoms with Crippen molar-refractivity contribution in [1.82, 2.24) is 0 Å². The van der Waals surface area contributed by atoms with Crippen LogP contribution in [0.4, 0.5) is 0 Å². The van der Waals surface area contributed by atoms with Gasteiger partial charge in [-0.1, -0.05) is 108 Å². The Kier molecular flexibility index (Phi) is 5.37. The average molecular weight is 367 g/mol. The SMILES string of the molecule is C[Si](C)(C)C([Si](C)(C)C)([Si](C)(C)C)[Si](C)(C)c1ccccc1. The summed E-state index contributed by atoms with van der Waals surface area (Å²) in [4.78, 5) is 0. The summed E-state index contributed by atoms with van der Waals surface area (Å²) in [6.07, 6.45) is 0. The minimum absolute atomic E-state index is 0.668. The molecule has 0 unspecified atom stereocenters. The van der Waals surface area contributed by atoms with Gasteiger partial charge in [-0.15, -0.1) is 0 Å². The Balaban J connectivity index is 3.87. The summed E-state index contributed by atoms with van der Waals surface area (Å²) < 4.78 is 0.668. The van der Waals surface area contributed by atoms with Crippen LogP contribution < -0.4 is 5.19 Å². The van der Waals surface area contributed by atoms with Crippen molar-refractivity contribution in [2.75, 3.05) is 0 Å². The summed E-state index contributed by atoms with van der Waals surface area (Å²) in [5.74, 6) is 0. The molecule has 0 heterocycles. The quantitative estimate of drug-likeness (QED) is 0.563. The maximum atomic E-state index is 2.69. The highest BCUT2D eigenvalue weighted by Crippen LogP contribution is 2.59. The highest BCUT2D eigenvalue weighted by Gasteiger charge is 2.67.